The standard InChI is InChI=1S/C24H21Cl2N3/c1-15-5-10-23(17-4-3-11-27-14-17)29-24(21-13-18(25)6-8-20(15)21)28-19-7-9-22(26)16(2)12-19/h3-4,6-15H,5H2,1-2H3,(H,28,29). The molecule has 3 aromatic rings. The summed E-state index contributed by atoms with van der Waals surface area (Å²) in [5.74, 6) is 1.08. The Hall–Kier alpha value is -2.62. The Morgan fingerprint density at radius 3 is 2.69 bits per heavy atom. The van der Waals surface area contributed by atoms with Crippen LogP contribution in [0.2, 0.25) is 10.0 Å². The molecule has 146 valence electrons. The lowest BCUT2D eigenvalue weighted by Crippen LogP contribution is -2.18. The van der Waals surface area contributed by atoms with Crippen LogP contribution in [0, 0.1) is 6.92 Å². The van der Waals surface area contributed by atoms with E-state index < -0.39 is 0 Å². The molecule has 0 aliphatic carbocycles. The zero-order valence-electron chi connectivity index (χ0n) is 16.3. The van der Waals surface area contributed by atoms with Gasteiger partial charge < -0.3 is 5.32 Å². The molecule has 0 amide bonds. The van der Waals surface area contributed by atoms with Gasteiger partial charge in [0, 0.05) is 39.3 Å². The Balaban J connectivity index is 1.86. The fraction of sp³-hybridized carbons (Fsp3) is 0.167. The number of hydrogen-bond acceptors (Lipinski definition) is 3. The number of halogens is 2. The van der Waals surface area contributed by atoms with Crippen molar-refractivity contribution in [2.75, 3.05) is 5.32 Å². The van der Waals surface area contributed by atoms with Crippen LogP contribution < -0.4 is 5.32 Å². The number of hydrogen-bond donors (Lipinski definition) is 1. The van der Waals surface area contributed by atoms with Gasteiger partial charge in [-0.25, -0.2) is 4.99 Å². The van der Waals surface area contributed by atoms with Gasteiger partial charge in [-0.05, 0) is 72.9 Å². The lowest BCUT2D eigenvalue weighted by atomic mass is 9.90. The number of aliphatic imine (C=N–C) groups is 1. The topological polar surface area (TPSA) is 37.3 Å². The Bertz CT molecular complexity index is 1100. The van der Waals surface area contributed by atoms with Crippen LogP contribution in [-0.2, 0) is 0 Å². The first kappa shape index (κ1) is 19.7. The van der Waals surface area contributed by atoms with E-state index in [0.29, 0.717) is 10.9 Å². The monoisotopic (exact) mass is 421 g/mol. The van der Waals surface area contributed by atoms with Gasteiger partial charge >= 0.3 is 0 Å². The summed E-state index contributed by atoms with van der Waals surface area (Å²) >= 11 is 12.6. The number of aryl methyl sites for hydroxylation is 1. The minimum absolute atomic E-state index is 0.327. The smallest absolute Gasteiger partial charge is 0.138 e. The zero-order valence-corrected chi connectivity index (χ0v) is 17.8. The maximum atomic E-state index is 6.36. The fourth-order valence-corrected chi connectivity index (χ4v) is 3.75. The Labute approximate surface area is 181 Å². The van der Waals surface area contributed by atoms with Gasteiger partial charge in [0.25, 0.3) is 0 Å². The average Bonchev–Trinajstić information content (AvgIpc) is 2.72. The molecule has 0 spiro atoms. The van der Waals surface area contributed by atoms with Gasteiger partial charge in [0.1, 0.15) is 5.84 Å². The van der Waals surface area contributed by atoms with Crippen molar-refractivity contribution >= 4 is 40.4 Å². The third-order valence-electron chi connectivity index (χ3n) is 5.08. The van der Waals surface area contributed by atoms with Crippen molar-refractivity contribution in [2.24, 2.45) is 4.99 Å². The van der Waals surface area contributed by atoms with E-state index in [2.05, 4.69) is 29.4 Å². The number of pyridine rings is 1. The van der Waals surface area contributed by atoms with Gasteiger partial charge in [-0.1, -0.05) is 42.3 Å². The molecule has 1 aliphatic heterocycles. The highest BCUT2D eigenvalue weighted by molar-refractivity contribution is 6.31. The minimum Gasteiger partial charge on any atom is -0.340 e. The number of rotatable bonds is 2. The van der Waals surface area contributed by atoms with Crippen LogP contribution in [0.15, 0.2) is 72.0 Å². The average molecular weight is 422 g/mol. The molecule has 2 aromatic carbocycles. The molecule has 1 atom stereocenters. The number of nitrogens with zero attached hydrogens (tertiary/aromatic N) is 2. The summed E-state index contributed by atoms with van der Waals surface area (Å²) in [5, 5.41) is 4.92. The van der Waals surface area contributed by atoms with Crippen molar-refractivity contribution in [3.63, 3.8) is 0 Å². The normalized spacial score (nSPS) is 16.2. The molecular formula is C24H21Cl2N3. The second kappa shape index (κ2) is 8.40. The highest BCUT2D eigenvalue weighted by Crippen LogP contribution is 2.32. The summed E-state index contributed by atoms with van der Waals surface area (Å²) in [5.41, 5.74) is 6.03. The van der Waals surface area contributed by atoms with E-state index in [1.807, 2.05) is 55.6 Å². The minimum atomic E-state index is 0.327. The summed E-state index contributed by atoms with van der Waals surface area (Å²) in [6, 6.07) is 15.8. The molecule has 1 aromatic heterocycles. The van der Waals surface area contributed by atoms with Crippen LogP contribution in [0.1, 0.15) is 41.5 Å². The predicted molar refractivity (Wildman–Crippen MR) is 123 cm³/mol. The SMILES string of the molecule is Cc1cc(NC2=NC(c3cccnc3)=CCC(C)c3ccc(Cl)cc32)ccc1Cl. The summed E-state index contributed by atoms with van der Waals surface area (Å²) in [6.07, 6.45) is 6.66. The van der Waals surface area contributed by atoms with E-state index in [9.17, 15) is 0 Å². The number of benzene rings is 2. The first-order valence-electron chi connectivity index (χ1n) is 9.53. The number of anilines is 1. The zero-order chi connectivity index (χ0) is 20.4. The molecular weight excluding hydrogens is 401 g/mol. The van der Waals surface area contributed by atoms with Gasteiger partial charge in [0.05, 0.1) is 5.70 Å². The molecule has 29 heavy (non-hydrogen) atoms. The number of aromatic nitrogens is 1. The van der Waals surface area contributed by atoms with Gasteiger partial charge in [-0.2, -0.15) is 0 Å². The molecule has 0 fully saturated rings. The van der Waals surface area contributed by atoms with Crippen LogP contribution in [0.3, 0.4) is 0 Å². The summed E-state index contributed by atoms with van der Waals surface area (Å²) in [4.78, 5) is 9.26. The van der Waals surface area contributed by atoms with E-state index in [1.165, 1.54) is 5.56 Å². The van der Waals surface area contributed by atoms with Crippen molar-refractivity contribution in [1.82, 2.24) is 4.98 Å². The molecule has 1 unspecified atom stereocenters. The van der Waals surface area contributed by atoms with Crippen LogP contribution in [0.4, 0.5) is 5.69 Å². The molecule has 0 bridgehead atoms. The van der Waals surface area contributed by atoms with Crippen molar-refractivity contribution in [3.05, 3.63) is 99.3 Å². The lowest BCUT2D eigenvalue weighted by molar-refractivity contribution is 0.777. The van der Waals surface area contributed by atoms with Crippen molar-refractivity contribution in [2.45, 2.75) is 26.2 Å². The maximum Gasteiger partial charge on any atom is 0.138 e. The Morgan fingerprint density at radius 2 is 1.93 bits per heavy atom. The molecule has 2 heterocycles. The molecule has 0 saturated heterocycles. The second-order valence-electron chi connectivity index (χ2n) is 7.25. The molecule has 1 aliphatic rings. The molecule has 4 rings (SSSR count). The first-order chi connectivity index (χ1) is 14.0. The fourth-order valence-electron chi connectivity index (χ4n) is 3.46. The number of nitrogens with one attached hydrogen (secondary N) is 1. The van der Waals surface area contributed by atoms with Crippen LogP contribution in [0.25, 0.3) is 5.70 Å². The number of allylic oxidation sites excluding steroid dienone is 1. The molecule has 0 radical (unpaired) electrons. The maximum absolute atomic E-state index is 6.36. The predicted octanol–water partition coefficient (Wildman–Crippen LogP) is 7.10. The first-order valence-corrected chi connectivity index (χ1v) is 10.3. The van der Waals surface area contributed by atoms with Gasteiger partial charge in [-0.15, -0.1) is 0 Å². The Morgan fingerprint density at radius 1 is 1.07 bits per heavy atom. The van der Waals surface area contributed by atoms with Crippen LogP contribution in [0.5, 0.6) is 0 Å². The molecule has 5 heteroatoms. The highest BCUT2D eigenvalue weighted by atomic mass is 35.5. The molecule has 3 nitrogen and oxygen atoms in total. The second-order valence-corrected chi connectivity index (χ2v) is 8.09. The molecule has 1 N–H and O–H groups in total. The highest BCUT2D eigenvalue weighted by Gasteiger charge is 2.19. The van der Waals surface area contributed by atoms with Crippen molar-refractivity contribution < 1.29 is 0 Å². The van der Waals surface area contributed by atoms with E-state index in [-0.39, 0.29) is 0 Å². The number of fused-ring (bicyclic) bond motifs is 1. The van der Waals surface area contributed by atoms with E-state index in [1.54, 1.807) is 6.20 Å². The van der Waals surface area contributed by atoms with Gasteiger partial charge in [0.2, 0.25) is 0 Å². The summed E-state index contributed by atoms with van der Waals surface area (Å²) in [7, 11) is 0. The summed E-state index contributed by atoms with van der Waals surface area (Å²) < 4.78 is 0. The summed E-state index contributed by atoms with van der Waals surface area (Å²) in [6.45, 7) is 4.21. The van der Waals surface area contributed by atoms with Crippen LogP contribution in [-0.4, -0.2) is 10.8 Å². The largest absolute Gasteiger partial charge is 0.340 e. The van der Waals surface area contributed by atoms with Gasteiger partial charge in [0.15, 0.2) is 0 Å². The van der Waals surface area contributed by atoms with E-state index in [4.69, 9.17) is 28.2 Å². The number of amidine groups is 1. The Kier molecular flexibility index (Phi) is 5.70. The van der Waals surface area contributed by atoms with E-state index in [0.717, 1.165) is 45.4 Å². The third kappa shape index (κ3) is 4.36. The van der Waals surface area contributed by atoms with E-state index >= 15 is 0 Å². The quantitative estimate of drug-likeness (QED) is 0.478. The van der Waals surface area contributed by atoms with Crippen molar-refractivity contribution in [3.8, 4) is 0 Å². The van der Waals surface area contributed by atoms with Gasteiger partial charge in [-0.3, -0.25) is 4.98 Å². The lowest BCUT2D eigenvalue weighted by Gasteiger charge is -2.22. The molecule has 0 saturated carbocycles. The van der Waals surface area contributed by atoms with Crippen molar-refractivity contribution in [1.29, 1.82) is 0 Å². The third-order valence-corrected chi connectivity index (χ3v) is 5.74. The van der Waals surface area contributed by atoms with Crippen LogP contribution >= 0.6 is 23.2 Å².